The number of carbonyl (C=O) groups excluding carboxylic acids is 2. The standard InChI is InChI=1S/C34H28F6O4/c1-19-11-3-4-12-21(19)28-23-14-6-5-13-22(23)20(2)29(43-31(41)24-15-7-9-17-26(24)33(35,36)37)30(28)44-32(42)25-16-8-10-18-27(25)34(38,39)40/h3-18,20,22-23,28-30H,1-2H3. The lowest BCUT2D eigenvalue weighted by molar-refractivity contribution is -0.139. The fourth-order valence-electron chi connectivity index (χ4n) is 6.32. The van der Waals surface area contributed by atoms with Crippen molar-refractivity contribution < 1.29 is 45.4 Å². The van der Waals surface area contributed by atoms with Gasteiger partial charge in [-0.25, -0.2) is 9.59 Å². The van der Waals surface area contributed by atoms with Gasteiger partial charge in [0.1, 0.15) is 12.2 Å². The molecular formula is C34H28F6O4. The van der Waals surface area contributed by atoms with Crippen LogP contribution in [0.15, 0.2) is 97.1 Å². The number of esters is 2. The molecule has 6 unspecified atom stereocenters. The first-order valence-corrected chi connectivity index (χ1v) is 13.9. The van der Waals surface area contributed by atoms with E-state index in [1.807, 2.05) is 31.2 Å². The quantitative estimate of drug-likeness (QED) is 0.214. The molecule has 0 spiro atoms. The lowest BCUT2D eigenvalue weighted by Crippen LogP contribution is -2.54. The van der Waals surface area contributed by atoms with E-state index in [-0.39, 0.29) is 11.8 Å². The molecule has 1 saturated carbocycles. The van der Waals surface area contributed by atoms with E-state index in [1.165, 1.54) is 12.1 Å². The summed E-state index contributed by atoms with van der Waals surface area (Å²) < 4.78 is 94.7. The first-order valence-electron chi connectivity index (χ1n) is 13.9. The Morgan fingerprint density at radius 1 is 0.636 bits per heavy atom. The smallest absolute Gasteiger partial charge is 0.417 e. The van der Waals surface area contributed by atoms with E-state index >= 15 is 0 Å². The minimum atomic E-state index is -4.86. The van der Waals surface area contributed by atoms with Crippen LogP contribution in [0.25, 0.3) is 0 Å². The third-order valence-electron chi connectivity index (χ3n) is 8.38. The lowest BCUT2D eigenvalue weighted by Gasteiger charge is -2.49. The van der Waals surface area contributed by atoms with Crippen molar-refractivity contribution in [3.8, 4) is 0 Å². The molecule has 2 aliphatic carbocycles. The molecule has 6 atom stereocenters. The zero-order valence-electron chi connectivity index (χ0n) is 23.6. The molecule has 10 heteroatoms. The monoisotopic (exact) mass is 614 g/mol. The summed E-state index contributed by atoms with van der Waals surface area (Å²) in [6, 6.07) is 15.5. The Morgan fingerprint density at radius 2 is 1.09 bits per heavy atom. The Bertz CT molecular complexity index is 1610. The van der Waals surface area contributed by atoms with Gasteiger partial charge in [-0.1, -0.05) is 79.8 Å². The molecule has 4 nitrogen and oxygen atoms in total. The SMILES string of the molecule is Cc1ccccc1C1C2C=CC=CC2C(C)C(OC(=O)c2ccccc2C(F)(F)F)C1OC(=O)c1ccccc1C(F)(F)F. The van der Waals surface area contributed by atoms with E-state index in [2.05, 4.69) is 0 Å². The lowest BCUT2D eigenvalue weighted by atomic mass is 9.60. The average Bonchev–Trinajstić information content (AvgIpc) is 2.99. The largest absolute Gasteiger partial charge is 0.454 e. The normalized spacial score (nSPS) is 24.8. The van der Waals surface area contributed by atoms with Gasteiger partial charge >= 0.3 is 24.3 Å². The van der Waals surface area contributed by atoms with Crippen LogP contribution in [0, 0.1) is 24.7 Å². The van der Waals surface area contributed by atoms with Crippen LogP contribution in [0.1, 0.15) is 55.8 Å². The van der Waals surface area contributed by atoms with Crippen LogP contribution < -0.4 is 0 Å². The molecule has 0 N–H and O–H groups in total. The van der Waals surface area contributed by atoms with E-state index in [4.69, 9.17) is 9.47 Å². The number of carbonyl (C=O) groups is 2. The van der Waals surface area contributed by atoms with Crippen LogP contribution in [0.4, 0.5) is 26.3 Å². The van der Waals surface area contributed by atoms with Crippen molar-refractivity contribution in [1.82, 2.24) is 0 Å². The van der Waals surface area contributed by atoms with Gasteiger partial charge in [-0.05, 0) is 54.2 Å². The predicted molar refractivity (Wildman–Crippen MR) is 150 cm³/mol. The average molecular weight is 615 g/mol. The number of hydrogen-bond donors (Lipinski definition) is 0. The molecule has 3 aromatic carbocycles. The van der Waals surface area contributed by atoms with E-state index < -0.39 is 70.6 Å². The summed E-state index contributed by atoms with van der Waals surface area (Å²) in [6.07, 6.45) is -4.97. The van der Waals surface area contributed by atoms with Gasteiger partial charge < -0.3 is 9.47 Å². The van der Waals surface area contributed by atoms with E-state index in [9.17, 15) is 35.9 Å². The Labute approximate surface area is 250 Å². The maximum atomic E-state index is 13.8. The molecule has 2 aliphatic rings. The Hall–Kier alpha value is -4.34. The predicted octanol–water partition coefficient (Wildman–Crippen LogP) is 8.58. The number of aryl methyl sites for hydroxylation is 1. The Morgan fingerprint density at radius 3 is 1.61 bits per heavy atom. The van der Waals surface area contributed by atoms with Crippen molar-refractivity contribution in [3.63, 3.8) is 0 Å². The third-order valence-corrected chi connectivity index (χ3v) is 8.38. The topological polar surface area (TPSA) is 52.6 Å². The summed E-state index contributed by atoms with van der Waals surface area (Å²) in [5.74, 6) is -4.51. The van der Waals surface area contributed by atoms with Crippen molar-refractivity contribution in [3.05, 3.63) is 130 Å². The summed E-state index contributed by atoms with van der Waals surface area (Å²) in [5.41, 5.74) is -2.37. The number of benzene rings is 3. The van der Waals surface area contributed by atoms with Crippen molar-refractivity contribution in [2.24, 2.45) is 17.8 Å². The highest BCUT2D eigenvalue weighted by molar-refractivity contribution is 5.92. The molecule has 0 aromatic heterocycles. The van der Waals surface area contributed by atoms with Gasteiger partial charge in [0.15, 0.2) is 0 Å². The molecule has 0 heterocycles. The molecule has 230 valence electrons. The van der Waals surface area contributed by atoms with Crippen LogP contribution >= 0.6 is 0 Å². The van der Waals surface area contributed by atoms with Gasteiger partial charge in [-0.3, -0.25) is 0 Å². The number of ether oxygens (including phenoxy) is 2. The zero-order valence-corrected chi connectivity index (χ0v) is 23.6. The van der Waals surface area contributed by atoms with E-state index in [1.54, 1.807) is 31.2 Å². The van der Waals surface area contributed by atoms with Gasteiger partial charge in [-0.2, -0.15) is 26.3 Å². The first-order chi connectivity index (χ1) is 20.8. The second kappa shape index (κ2) is 12.0. The van der Waals surface area contributed by atoms with Crippen molar-refractivity contribution in [1.29, 1.82) is 0 Å². The molecule has 44 heavy (non-hydrogen) atoms. The second-order valence-corrected chi connectivity index (χ2v) is 11.0. The molecule has 0 bridgehead atoms. The summed E-state index contributed by atoms with van der Waals surface area (Å²) >= 11 is 0. The highest BCUT2D eigenvalue weighted by Gasteiger charge is 2.53. The minimum absolute atomic E-state index is 0.294. The number of fused-ring (bicyclic) bond motifs is 1. The minimum Gasteiger partial charge on any atom is -0.454 e. The van der Waals surface area contributed by atoms with Crippen LogP contribution in [0.3, 0.4) is 0 Å². The zero-order chi connectivity index (χ0) is 31.8. The second-order valence-electron chi connectivity index (χ2n) is 11.0. The van der Waals surface area contributed by atoms with Crippen LogP contribution in [-0.4, -0.2) is 24.1 Å². The number of alkyl halides is 6. The molecule has 0 radical (unpaired) electrons. The molecular weight excluding hydrogens is 586 g/mol. The number of rotatable bonds is 5. The van der Waals surface area contributed by atoms with Crippen molar-refractivity contribution >= 4 is 11.9 Å². The fourth-order valence-corrected chi connectivity index (χ4v) is 6.32. The summed E-state index contributed by atoms with van der Waals surface area (Å²) in [5, 5.41) is 0. The molecule has 5 rings (SSSR count). The van der Waals surface area contributed by atoms with Gasteiger partial charge in [0.25, 0.3) is 0 Å². The summed E-state index contributed by atoms with van der Waals surface area (Å²) in [6.45, 7) is 3.54. The van der Waals surface area contributed by atoms with Gasteiger partial charge in [0, 0.05) is 11.8 Å². The molecule has 3 aromatic rings. The first kappa shape index (κ1) is 31.1. The molecule has 0 amide bonds. The number of halogens is 6. The van der Waals surface area contributed by atoms with Crippen LogP contribution in [0.5, 0.6) is 0 Å². The van der Waals surface area contributed by atoms with Gasteiger partial charge in [-0.15, -0.1) is 0 Å². The van der Waals surface area contributed by atoms with E-state index in [0.717, 1.165) is 42.0 Å². The molecule has 0 saturated heterocycles. The fraction of sp³-hybridized carbons (Fsp3) is 0.294. The van der Waals surface area contributed by atoms with Gasteiger partial charge in [0.2, 0.25) is 0 Å². The van der Waals surface area contributed by atoms with Crippen LogP contribution in [-0.2, 0) is 21.8 Å². The maximum Gasteiger partial charge on any atom is 0.417 e. The molecule has 0 aliphatic heterocycles. The Kier molecular flexibility index (Phi) is 8.46. The third kappa shape index (κ3) is 6.02. The Balaban J connectivity index is 1.63. The summed E-state index contributed by atoms with van der Waals surface area (Å²) in [4.78, 5) is 27.0. The maximum absolute atomic E-state index is 13.8. The highest BCUT2D eigenvalue weighted by atomic mass is 19.4. The summed E-state index contributed by atoms with van der Waals surface area (Å²) in [7, 11) is 0. The molecule has 1 fully saturated rings. The highest BCUT2D eigenvalue weighted by Crippen LogP contribution is 2.50. The van der Waals surface area contributed by atoms with Crippen molar-refractivity contribution in [2.45, 2.75) is 44.3 Å². The van der Waals surface area contributed by atoms with E-state index in [0.29, 0.717) is 5.56 Å². The van der Waals surface area contributed by atoms with Crippen molar-refractivity contribution in [2.75, 3.05) is 0 Å². The van der Waals surface area contributed by atoms with Gasteiger partial charge in [0.05, 0.1) is 22.3 Å². The number of allylic oxidation sites excluding steroid dienone is 4. The van der Waals surface area contributed by atoms with Crippen LogP contribution in [0.2, 0.25) is 0 Å². The number of hydrogen-bond acceptors (Lipinski definition) is 4.